The van der Waals surface area contributed by atoms with Gasteiger partial charge in [0, 0.05) is 23.9 Å². The van der Waals surface area contributed by atoms with Gasteiger partial charge in [-0.2, -0.15) is 5.10 Å². The Hall–Kier alpha value is -2.90. The van der Waals surface area contributed by atoms with Gasteiger partial charge in [0.1, 0.15) is 15.8 Å². The summed E-state index contributed by atoms with van der Waals surface area (Å²) in [7, 11) is 0. The quantitative estimate of drug-likeness (QED) is 0.304. The van der Waals surface area contributed by atoms with Crippen LogP contribution in [-0.4, -0.2) is 38.1 Å². The maximum absolute atomic E-state index is 12.8. The van der Waals surface area contributed by atoms with Crippen LogP contribution in [0, 0.1) is 12.8 Å². The van der Waals surface area contributed by atoms with E-state index in [2.05, 4.69) is 20.8 Å². The number of para-hydroxylation sites is 1. The third-order valence-corrected chi connectivity index (χ3v) is 6.65. The average molecular weight is 478 g/mol. The molecule has 5 nitrogen and oxygen atoms in total. The van der Waals surface area contributed by atoms with Crippen molar-refractivity contribution in [3.8, 4) is 22.7 Å². The van der Waals surface area contributed by atoms with E-state index in [1.54, 1.807) is 4.90 Å². The number of ether oxygens (including phenoxy) is 1. The topological polar surface area (TPSA) is 47.4 Å². The molecule has 3 aromatic rings. The Kier molecular flexibility index (Phi) is 7.00. The summed E-state index contributed by atoms with van der Waals surface area (Å²) in [5.74, 6) is 1.25. The van der Waals surface area contributed by atoms with Crippen LogP contribution in [0.15, 0.2) is 59.6 Å². The zero-order valence-corrected chi connectivity index (χ0v) is 20.9. The van der Waals surface area contributed by atoms with Gasteiger partial charge < -0.3 is 4.74 Å². The molecule has 2 aromatic carbocycles. The molecular formula is C26H27N3O2S2. The van der Waals surface area contributed by atoms with Crippen molar-refractivity contribution in [1.82, 2.24) is 14.7 Å². The molecule has 0 bridgehead atoms. The first-order valence-corrected chi connectivity index (χ1v) is 12.2. The Labute approximate surface area is 204 Å². The summed E-state index contributed by atoms with van der Waals surface area (Å²) < 4.78 is 8.34. The number of aryl methyl sites for hydroxylation is 1. The van der Waals surface area contributed by atoms with E-state index in [1.165, 1.54) is 11.8 Å². The van der Waals surface area contributed by atoms with Gasteiger partial charge in [-0.15, -0.1) is 0 Å². The number of nitrogens with zero attached hydrogens (tertiary/aromatic N) is 3. The standard InChI is InChI=1S/C26H27N3O2S2/c1-5-28-25(30)23(33-26(28)32)14-19-15-29(20-9-7-6-8-10-20)27-24(19)22-12-11-21(13-18(22)4)31-16-17(2)3/h6-15,17H,5,16H2,1-4H3. The Bertz CT molecular complexity index is 1220. The van der Waals surface area contributed by atoms with Crippen LogP contribution in [0.1, 0.15) is 31.9 Å². The van der Waals surface area contributed by atoms with Crippen molar-refractivity contribution in [1.29, 1.82) is 0 Å². The Balaban J connectivity index is 1.78. The van der Waals surface area contributed by atoms with Crippen LogP contribution in [-0.2, 0) is 4.79 Å². The molecule has 1 fully saturated rings. The maximum atomic E-state index is 12.8. The van der Waals surface area contributed by atoms with Crippen LogP contribution in [0.4, 0.5) is 0 Å². The molecule has 4 rings (SSSR count). The summed E-state index contributed by atoms with van der Waals surface area (Å²) in [5, 5.41) is 4.90. The highest BCUT2D eigenvalue weighted by molar-refractivity contribution is 8.26. The van der Waals surface area contributed by atoms with E-state index in [0.29, 0.717) is 28.3 Å². The maximum Gasteiger partial charge on any atom is 0.266 e. The highest BCUT2D eigenvalue weighted by Crippen LogP contribution is 2.36. The van der Waals surface area contributed by atoms with Crippen LogP contribution in [0.5, 0.6) is 5.75 Å². The third kappa shape index (κ3) is 5.04. The van der Waals surface area contributed by atoms with Crippen molar-refractivity contribution >= 4 is 40.3 Å². The Morgan fingerprint density at radius 2 is 1.94 bits per heavy atom. The second-order valence-electron chi connectivity index (χ2n) is 8.32. The van der Waals surface area contributed by atoms with Crippen LogP contribution >= 0.6 is 24.0 Å². The molecule has 0 atom stereocenters. The summed E-state index contributed by atoms with van der Waals surface area (Å²) in [4.78, 5) is 15.1. The summed E-state index contributed by atoms with van der Waals surface area (Å²) >= 11 is 6.73. The lowest BCUT2D eigenvalue weighted by Gasteiger charge is -2.11. The monoisotopic (exact) mass is 477 g/mol. The zero-order valence-electron chi connectivity index (χ0n) is 19.2. The van der Waals surface area contributed by atoms with E-state index in [-0.39, 0.29) is 5.91 Å². The molecule has 0 N–H and O–H groups in total. The van der Waals surface area contributed by atoms with E-state index in [9.17, 15) is 4.79 Å². The van der Waals surface area contributed by atoms with E-state index < -0.39 is 0 Å². The normalized spacial score (nSPS) is 15.2. The molecule has 1 aliphatic heterocycles. The molecule has 1 amide bonds. The van der Waals surface area contributed by atoms with Crippen LogP contribution in [0.2, 0.25) is 0 Å². The highest BCUT2D eigenvalue weighted by atomic mass is 32.2. The number of likely N-dealkylation sites (N-methyl/N-ethyl adjacent to an activating group) is 1. The number of rotatable bonds is 7. The molecule has 33 heavy (non-hydrogen) atoms. The van der Waals surface area contributed by atoms with Gasteiger partial charge in [-0.05, 0) is 61.7 Å². The number of hydrogen-bond donors (Lipinski definition) is 0. The fourth-order valence-electron chi connectivity index (χ4n) is 3.58. The smallest absolute Gasteiger partial charge is 0.266 e. The number of carbonyl (C=O) groups excluding carboxylic acids is 1. The van der Waals surface area contributed by atoms with E-state index >= 15 is 0 Å². The number of thiocarbonyl (C=S) groups is 1. The molecule has 0 spiro atoms. The number of benzene rings is 2. The van der Waals surface area contributed by atoms with Gasteiger partial charge >= 0.3 is 0 Å². The molecule has 170 valence electrons. The van der Waals surface area contributed by atoms with Crippen LogP contribution in [0.3, 0.4) is 0 Å². The first-order chi connectivity index (χ1) is 15.9. The van der Waals surface area contributed by atoms with Crippen molar-refractivity contribution < 1.29 is 9.53 Å². The van der Waals surface area contributed by atoms with Gasteiger partial charge in [0.2, 0.25) is 0 Å². The van der Waals surface area contributed by atoms with E-state index in [0.717, 1.165) is 33.8 Å². The van der Waals surface area contributed by atoms with Gasteiger partial charge in [0.15, 0.2) is 0 Å². The van der Waals surface area contributed by atoms with Crippen molar-refractivity contribution in [3.63, 3.8) is 0 Å². The fraction of sp³-hybridized carbons (Fsp3) is 0.269. The zero-order chi connectivity index (χ0) is 23.5. The molecule has 1 saturated heterocycles. The molecule has 0 saturated carbocycles. The summed E-state index contributed by atoms with van der Waals surface area (Å²) in [6, 6.07) is 16.0. The predicted octanol–water partition coefficient (Wildman–Crippen LogP) is 6.10. The van der Waals surface area contributed by atoms with Crippen molar-refractivity contribution in [3.05, 3.63) is 70.8 Å². The minimum atomic E-state index is -0.0555. The van der Waals surface area contributed by atoms with E-state index in [1.807, 2.05) is 72.4 Å². The second kappa shape index (κ2) is 9.93. The molecule has 0 radical (unpaired) electrons. The molecule has 2 heterocycles. The lowest BCUT2D eigenvalue weighted by molar-refractivity contribution is -0.121. The molecular weight excluding hydrogens is 450 g/mol. The van der Waals surface area contributed by atoms with Gasteiger partial charge in [-0.1, -0.05) is 56.0 Å². The van der Waals surface area contributed by atoms with Crippen molar-refractivity contribution in [2.75, 3.05) is 13.2 Å². The highest BCUT2D eigenvalue weighted by Gasteiger charge is 2.31. The molecule has 7 heteroatoms. The summed E-state index contributed by atoms with van der Waals surface area (Å²) in [5.41, 5.74) is 4.70. The predicted molar refractivity (Wildman–Crippen MR) is 140 cm³/mol. The fourth-order valence-corrected chi connectivity index (χ4v) is 4.96. The lowest BCUT2D eigenvalue weighted by atomic mass is 10.0. The van der Waals surface area contributed by atoms with Gasteiger partial charge in [-0.3, -0.25) is 9.69 Å². The van der Waals surface area contributed by atoms with Crippen LogP contribution in [0.25, 0.3) is 23.0 Å². The van der Waals surface area contributed by atoms with Gasteiger partial charge in [0.05, 0.1) is 17.2 Å². The minimum absolute atomic E-state index is 0.0555. The Morgan fingerprint density at radius 1 is 1.18 bits per heavy atom. The largest absolute Gasteiger partial charge is 0.493 e. The number of aromatic nitrogens is 2. The van der Waals surface area contributed by atoms with E-state index in [4.69, 9.17) is 22.1 Å². The number of carbonyl (C=O) groups is 1. The Morgan fingerprint density at radius 3 is 2.58 bits per heavy atom. The lowest BCUT2D eigenvalue weighted by Crippen LogP contribution is -2.27. The molecule has 1 aromatic heterocycles. The second-order valence-corrected chi connectivity index (χ2v) is 10.00. The SMILES string of the molecule is CCN1C(=O)C(=Cc2cn(-c3ccccc3)nc2-c2ccc(OCC(C)C)cc2C)SC1=S. The summed E-state index contributed by atoms with van der Waals surface area (Å²) in [6.07, 6.45) is 3.87. The van der Waals surface area contributed by atoms with Crippen LogP contribution < -0.4 is 4.74 Å². The van der Waals surface area contributed by atoms with Crippen molar-refractivity contribution in [2.24, 2.45) is 5.92 Å². The molecule has 1 aliphatic rings. The minimum Gasteiger partial charge on any atom is -0.493 e. The van der Waals surface area contributed by atoms with Gasteiger partial charge in [-0.25, -0.2) is 4.68 Å². The first-order valence-electron chi connectivity index (χ1n) is 11.0. The molecule has 0 unspecified atom stereocenters. The number of thioether (sulfide) groups is 1. The third-order valence-electron chi connectivity index (χ3n) is 5.28. The number of amides is 1. The van der Waals surface area contributed by atoms with Crippen molar-refractivity contribution in [2.45, 2.75) is 27.7 Å². The van der Waals surface area contributed by atoms with Gasteiger partial charge in [0.25, 0.3) is 5.91 Å². The first kappa shape index (κ1) is 23.3. The summed E-state index contributed by atoms with van der Waals surface area (Å²) in [6.45, 7) is 9.48. The number of hydrogen-bond acceptors (Lipinski definition) is 5. The molecule has 0 aliphatic carbocycles. The average Bonchev–Trinajstić information content (AvgIpc) is 3.33.